The summed E-state index contributed by atoms with van der Waals surface area (Å²) in [6.45, 7) is 2.25. The van der Waals surface area contributed by atoms with Crippen LogP contribution in [0, 0.1) is 6.92 Å². The molecule has 0 fully saturated rings. The van der Waals surface area contributed by atoms with E-state index in [1.165, 1.54) is 6.21 Å². The standard InChI is InChI=1S/C24H21Cl2N3O3/c1-16-5-8-21(9-6-16)28-23(30)13-24(31)29-27-14-18-12-20(26)7-10-22(18)32-15-17-3-2-4-19(25)11-17/h2-12,14H,13,15H2,1H3,(H,28,30)(H,29,31). The van der Waals surface area contributed by atoms with E-state index in [2.05, 4.69) is 15.8 Å². The molecule has 0 heterocycles. The van der Waals surface area contributed by atoms with Crippen molar-refractivity contribution >= 4 is 46.9 Å². The molecule has 2 N–H and O–H groups in total. The van der Waals surface area contributed by atoms with Crippen LogP contribution in [0.2, 0.25) is 10.0 Å². The van der Waals surface area contributed by atoms with Crippen LogP contribution in [0.5, 0.6) is 5.75 Å². The molecular weight excluding hydrogens is 449 g/mol. The Kier molecular flexibility index (Phi) is 8.25. The third kappa shape index (κ3) is 7.41. The van der Waals surface area contributed by atoms with Crippen LogP contribution in [0.3, 0.4) is 0 Å². The monoisotopic (exact) mass is 469 g/mol. The first-order valence-electron chi connectivity index (χ1n) is 9.74. The first-order chi connectivity index (χ1) is 15.4. The number of aryl methyl sites for hydroxylation is 1. The predicted octanol–water partition coefficient (Wildman–Crippen LogP) is 5.36. The van der Waals surface area contributed by atoms with Gasteiger partial charge in [-0.1, -0.05) is 53.0 Å². The number of benzene rings is 3. The second-order valence-corrected chi connectivity index (χ2v) is 7.86. The fraction of sp³-hybridized carbons (Fsp3) is 0.125. The number of hydrogen-bond donors (Lipinski definition) is 2. The molecule has 8 heteroatoms. The first-order valence-corrected chi connectivity index (χ1v) is 10.5. The number of carbonyl (C=O) groups is 2. The van der Waals surface area contributed by atoms with Gasteiger partial charge in [0.05, 0.1) is 6.21 Å². The van der Waals surface area contributed by atoms with E-state index in [0.717, 1.165) is 11.1 Å². The van der Waals surface area contributed by atoms with Crippen molar-refractivity contribution in [3.05, 3.63) is 93.5 Å². The van der Waals surface area contributed by atoms with Crippen LogP contribution in [0.15, 0.2) is 71.8 Å². The van der Waals surface area contributed by atoms with Crippen LogP contribution in [0.4, 0.5) is 5.69 Å². The van der Waals surface area contributed by atoms with Crippen LogP contribution in [-0.2, 0) is 16.2 Å². The summed E-state index contributed by atoms with van der Waals surface area (Å²) in [4.78, 5) is 24.0. The zero-order valence-electron chi connectivity index (χ0n) is 17.3. The third-order valence-electron chi connectivity index (χ3n) is 4.30. The van der Waals surface area contributed by atoms with Crippen molar-refractivity contribution < 1.29 is 14.3 Å². The molecule has 0 saturated carbocycles. The van der Waals surface area contributed by atoms with Gasteiger partial charge in [0.25, 0.3) is 0 Å². The average Bonchev–Trinajstić information content (AvgIpc) is 2.75. The van der Waals surface area contributed by atoms with Crippen LogP contribution >= 0.6 is 23.2 Å². The molecule has 0 aliphatic heterocycles. The van der Waals surface area contributed by atoms with Gasteiger partial charge in [0.1, 0.15) is 18.8 Å². The van der Waals surface area contributed by atoms with Crippen LogP contribution < -0.4 is 15.5 Å². The summed E-state index contributed by atoms with van der Waals surface area (Å²) in [6.07, 6.45) is 1.05. The SMILES string of the molecule is Cc1ccc(NC(=O)CC(=O)NN=Cc2cc(Cl)ccc2OCc2cccc(Cl)c2)cc1. The molecule has 3 aromatic carbocycles. The van der Waals surface area contributed by atoms with E-state index < -0.39 is 11.8 Å². The summed E-state index contributed by atoms with van der Waals surface area (Å²) in [5, 5.41) is 7.70. The number of halogens is 2. The van der Waals surface area contributed by atoms with Gasteiger partial charge in [-0.15, -0.1) is 0 Å². The Bertz CT molecular complexity index is 1130. The van der Waals surface area contributed by atoms with E-state index in [4.69, 9.17) is 27.9 Å². The molecule has 0 aromatic heterocycles. The van der Waals surface area contributed by atoms with Gasteiger partial charge >= 0.3 is 0 Å². The number of nitrogens with zero attached hydrogens (tertiary/aromatic N) is 1. The fourth-order valence-electron chi connectivity index (χ4n) is 2.74. The lowest BCUT2D eigenvalue weighted by molar-refractivity contribution is -0.126. The van der Waals surface area contributed by atoms with E-state index >= 15 is 0 Å². The maximum atomic E-state index is 12.0. The topological polar surface area (TPSA) is 79.8 Å². The van der Waals surface area contributed by atoms with Gasteiger partial charge in [-0.2, -0.15) is 5.10 Å². The Balaban J connectivity index is 1.55. The molecule has 0 radical (unpaired) electrons. The van der Waals surface area contributed by atoms with E-state index in [0.29, 0.717) is 33.7 Å². The summed E-state index contributed by atoms with van der Waals surface area (Å²) in [5.41, 5.74) is 5.52. The molecule has 164 valence electrons. The number of hydrazone groups is 1. The molecule has 32 heavy (non-hydrogen) atoms. The number of nitrogens with one attached hydrogen (secondary N) is 2. The average molecular weight is 470 g/mol. The summed E-state index contributed by atoms with van der Waals surface area (Å²) in [5.74, 6) is -0.450. The van der Waals surface area contributed by atoms with Gasteiger partial charge < -0.3 is 10.1 Å². The summed E-state index contributed by atoms with van der Waals surface area (Å²) >= 11 is 12.1. The fourth-order valence-corrected chi connectivity index (χ4v) is 3.13. The second kappa shape index (κ2) is 11.3. The lowest BCUT2D eigenvalue weighted by Gasteiger charge is -2.10. The number of ether oxygens (including phenoxy) is 1. The van der Waals surface area contributed by atoms with Gasteiger partial charge in [0, 0.05) is 21.3 Å². The minimum Gasteiger partial charge on any atom is -0.488 e. The van der Waals surface area contributed by atoms with E-state index in [1.807, 2.05) is 37.3 Å². The number of carbonyl (C=O) groups excluding carboxylic acids is 2. The molecule has 0 atom stereocenters. The second-order valence-electron chi connectivity index (χ2n) is 6.98. The van der Waals surface area contributed by atoms with E-state index in [-0.39, 0.29) is 6.42 Å². The highest BCUT2D eigenvalue weighted by atomic mass is 35.5. The van der Waals surface area contributed by atoms with Crippen molar-refractivity contribution in [3.8, 4) is 5.75 Å². The summed E-state index contributed by atoms with van der Waals surface area (Å²) < 4.78 is 5.84. The van der Waals surface area contributed by atoms with Gasteiger partial charge in [-0.05, 0) is 55.0 Å². The maximum Gasteiger partial charge on any atom is 0.249 e. The van der Waals surface area contributed by atoms with Gasteiger partial charge in [-0.3, -0.25) is 9.59 Å². The van der Waals surface area contributed by atoms with Gasteiger partial charge in [0.2, 0.25) is 11.8 Å². The van der Waals surface area contributed by atoms with Crippen molar-refractivity contribution in [1.82, 2.24) is 5.43 Å². The van der Waals surface area contributed by atoms with Gasteiger partial charge in [-0.25, -0.2) is 5.43 Å². The Hall–Kier alpha value is -3.35. The van der Waals surface area contributed by atoms with Crippen molar-refractivity contribution in [2.45, 2.75) is 20.0 Å². The predicted molar refractivity (Wildman–Crippen MR) is 127 cm³/mol. The minimum atomic E-state index is -0.547. The number of amides is 2. The largest absolute Gasteiger partial charge is 0.488 e. The zero-order chi connectivity index (χ0) is 22.9. The number of rotatable bonds is 8. The first kappa shape index (κ1) is 23.3. The van der Waals surface area contributed by atoms with Crippen molar-refractivity contribution in [3.63, 3.8) is 0 Å². The molecule has 6 nitrogen and oxygen atoms in total. The zero-order valence-corrected chi connectivity index (χ0v) is 18.8. The Morgan fingerprint density at radius 3 is 2.47 bits per heavy atom. The van der Waals surface area contributed by atoms with Crippen molar-refractivity contribution in [2.75, 3.05) is 5.32 Å². The quantitative estimate of drug-likeness (QED) is 0.264. The molecule has 0 aliphatic rings. The molecule has 0 saturated heterocycles. The number of hydrogen-bond acceptors (Lipinski definition) is 4. The molecule has 3 aromatic rings. The summed E-state index contributed by atoms with van der Waals surface area (Å²) in [7, 11) is 0. The number of anilines is 1. The van der Waals surface area contributed by atoms with Crippen LogP contribution in [0.1, 0.15) is 23.1 Å². The molecule has 0 unspecified atom stereocenters. The smallest absolute Gasteiger partial charge is 0.249 e. The molecule has 0 bridgehead atoms. The lowest BCUT2D eigenvalue weighted by atomic mass is 10.2. The molecule has 3 rings (SSSR count). The van der Waals surface area contributed by atoms with Crippen LogP contribution in [-0.4, -0.2) is 18.0 Å². The Labute approximate surface area is 196 Å². The Morgan fingerprint density at radius 1 is 0.969 bits per heavy atom. The van der Waals surface area contributed by atoms with Crippen molar-refractivity contribution in [1.29, 1.82) is 0 Å². The third-order valence-corrected chi connectivity index (χ3v) is 4.77. The maximum absolute atomic E-state index is 12.0. The molecule has 0 aliphatic carbocycles. The highest BCUT2D eigenvalue weighted by molar-refractivity contribution is 6.31. The van der Waals surface area contributed by atoms with Crippen LogP contribution in [0.25, 0.3) is 0 Å². The highest BCUT2D eigenvalue weighted by Gasteiger charge is 2.09. The molecule has 2 amide bonds. The van der Waals surface area contributed by atoms with E-state index in [9.17, 15) is 9.59 Å². The summed E-state index contributed by atoms with van der Waals surface area (Å²) in [6, 6.07) is 19.7. The van der Waals surface area contributed by atoms with Gasteiger partial charge in [0.15, 0.2) is 0 Å². The van der Waals surface area contributed by atoms with Crippen molar-refractivity contribution in [2.24, 2.45) is 5.10 Å². The lowest BCUT2D eigenvalue weighted by Crippen LogP contribution is -2.24. The molecular formula is C24H21Cl2N3O3. The Morgan fingerprint density at radius 2 is 1.72 bits per heavy atom. The normalized spacial score (nSPS) is 10.7. The minimum absolute atomic E-state index is 0.300. The van der Waals surface area contributed by atoms with E-state index in [1.54, 1.807) is 36.4 Å². The highest BCUT2D eigenvalue weighted by Crippen LogP contribution is 2.23. The molecule has 0 spiro atoms.